The monoisotopic (exact) mass is 137 g/mol. The Morgan fingerprint density at radius 1 is 1.70 bits per heavy atom. The van der Waals surface area contributed by atoms with Gasteiger partial charge in [-0.3, -0.25) is 0 Å². The molecule has 0 atom stereocenters. The molecule has 0 spiro atoms. The molecule has 3 N–H and O–H groups in total. The van der Waals surface area contributed by atoms with E-state index in [0.29, 0.717) is 11.2 Å². The van der Waals surface area contributed by atoms with Gasteiger partial charge in [0.15, 0.2) is 0 Å². The van der Waals surface area contributed by atoms with E-state index in [-0.39, 0.29) is 0 Å². The molecule has 0 aliphatic carbocycles. The third-order valence-corrected chi connectivity index (χ3v) is 1.12. The van der Waals surface area contributed by atoms with Gasteiger partial charge in [0.05, 0.1) is 0 Å². The Balaban J connectivity index is 4.13. The Morgan fingerprint density at radius 3 is 2.50 bits per heavy atom. The molecular weight excluding hydrogens is 125 g/mol. The summed E-state index contributed by atoms with van der Waals surface area (Å²) >= 11 is 0. The van der Waals surface area contributed by atoms with Crippen LogP contribution in [0.25, 0.3) is 0 Å². The van der Waals surface area contributed by atoms with Crippen LogP contribution in [0, 0.1) is 0 Å². The molecule has 0 aliphatic rings. The minimum Gasteiger partial charge on any atom is -0.447 e. The number of allylic oxidation sites excluding steroid dienone is 3. The zero-order valence-corrected chi connectivity index (χ0v) is 6.17. The molecule has 0 saturated carbocycles. The van der Waals surface area contributed by atoms with Crippen molar-refractivity contribution >= 4 is 6.92 Å². The fraction of sp³-hybridized carbons (Fsp3) is 0.143. The molecule has 0 bridgehead atoms. The highest BCUT2D eigenvalue weighted by atomic mass is 16.2. The Labute approximate surface area is 61.9 Å². The SMILES string of the molecule is C=C/C(N)=C\C(=C)B(C)O. The van der Waals surface area contributed by atoms with Gasteiger partial charge in [0, 0.05) is 5.70 Å². The predicted molar refractivity (Wildman–Crippen MR) is 45.4 cm³/mol. The molecule has 0 aromatic carbocycles. The molecule has 2 nitrogen and oxygen atoms in total. The second-order valence-corrected chi connectivity index (χ2v) is 2.10. The molecule has 0 heterocycles. The summed E-state index contributed by atoms with van der Waals surface area (Å²) in [6.07, 6.45) is 3.10. The Morgan fingerprint density at radius 2 is 2.20 bits per heavy atom. The summed E-state index contributed by atoms with van der Waals surface area (Å²) in [4.78, 5) is 0. The summed E-state index contributed by atoms with van der Waals surface area (Å²) in [5.41, 5.74) is 6.50. The Kier molecular flexibility index (Phi) is 3.58. The van der Waals surface area contributed by atoms with Gasteiger partial charge in [-0.2, -0.15) is 0 Å². The molecular formula is C7H12BNO. The summed E-state index contributed by atoms with van der Waals surface area (Å²) in [7, 11) is 0. The second-order valence-electron chi connectivity index (χ2n) is 2.10. The van der Waals surface area contributed by atoms with Crippen LogP contribution in [0.15, 0.2) is 36.5 Å². The van der Waals surface area contributed by atoms with Crippen molar-refractivity contribution in [3.05, 3.63) is 36.5 Å². The highest BCUT2D eigenvalue weighted by Gasteiger charge is 2.03. The fourth-order valence-corrected chi connectivity index (χ4v) is 0.394. The smallest absolute Gasteiger partial charge is 0.319 e. The summed E-state index contributed by atoms with van der Waals surface area (Å²) < 4.78 is 0. The lowest BCUT2D eigenvalue weighted by molar-refractivity contribution is 0.590. The van der Waals surface area contributed by atoms with Crippen LogP contribution in [-0.4, -0.2) is 11.9 Å². The van der Waals surface area contributed by atoms with Gasteiger partial charge in [-0.1, -0.05) is 18.9 Å². The van der Waals surface area contributed by atoms with E-state index in [9.17, 15) is 0 Å². The standard InChI is InChI=1S/C7H12BNO/c1-4-7(9)5-6(2)8(3)10/h4-5,10H,1-2,9H2,3H3/b7-5+. The van der Waals surface area contributed by atoms with Crippen molar-refractivity contribution in [2.24, 2.45) is 5.73 Å². The number of rotatable bonds is 3. The maximum absolute atomic E-state index is 8.93. The molecule has 0 rings (SSSR count). The number of hydrogen-bond acceptors (Lipinski definition) is 2. The third-order valence-electron chi connectivity index (χ3n) is 1.12. The van der Waals surface area contributed by atoms with E-state index in [1.165, 1.54) is 6.08 Å². The van der Waals surface area contributed by atoms with Gasteiger partial charge >= 0.3 is 6.92 Å². The molecule has 0 saturated heterocycles. The highest BCUT2D eigenvalue weighted by molar-refractivity contribution is 6.58. The van der Waals surface area contributed by atoms with Crippen LogP contribution in [0.5, 0.6) is 0 Å². The molecule has 10 heavy (non-hydrogen) atoms. The molecule has 0 fully saturated rings. The summed E-state index contributed by atoms with van der Waals surface area (Å²) in [6.45, 7) is 8.14. The van der Waals surface area contributed by atoms with E-state index < -0.39 is 6.92 Å². The Hall–Kier alpha value is -0.955. The Bertz CT molecular complexity index is 172. The van der Waals surface area contributed by atoms with E-state index in [2.05, 4.69) is 13.2 Å². The molecule has 0 amide bonds. The van der Waals surface area contributed by atoms with Crippen molar-refractivity contribution < 1.29 is 5.02 Å². The molecule has 0 unspecified atom stereocenters. The van der Waals surface area contributed by atoms with Crippen LogP contribution in [-0.2, 0) is 0 Å². The highest BCUT2D eigenvalue weighted by Crippen LogP contribution is 1.98. The van der Waals surface area contributed by atoms with Gasteiger partial charge in [-0.25, -0.2) is 0 Å². The third kappa shape index (κ3) is 3.15. The molecule has 0 radical (unpaired) electrons. The van der Waals surface area contributed by atoms with Crippen LogP contribution in [0.4, 0.5) is 0 Å². The van der Waals surface area contributed by atoms with Gasteiger partial charge in [-0.15, -0.1) is 6.58 Å². The lowest BCUT2D eigenvalue weighted by Gasteiger charge is -1.98. The summed E-state index contributed by atoms with van der Waals surface area (Å²) in [5, 5.41) is 8.93. The summed E-state index contributed by atoms with van der Waals surface area (Å²) in [5.74, 6) is 0. The average molecular weight is 137 g/mol. The van der Waals surface area contributed by atoms with Crippen molar-refractivity contribution in [2.75, 3.05) is 0 Å². The minimum atomic E-state index is -0.543. The lowest BCUT2D eigenvalue weighted by Crippen LogP contribution is -2.08. The van der Waals surface area contributed by atoms with E-state index in [1.807, 2.05) is 0 Å². The van der Waals surface area contributed by atoms with E-state index in [4.69, 9.17) is 10.8 Å². The average Bonchev–Trinajstić information content (AvgIpc) is 1.87. The largest absolute Gasteiger partial charge is 0.447 e. The molecule has 0 aromatic rings. The first-order chi connectivity index (χ1) is 4.57. The minimum absolute atomic E-state index is 0.519. The van der Waals surface area contributed by atoms with Crippen molar-refractivity contribution in [1.82, 2.24) is 0 Å². The van der Waals surface area contributed by atoms with E-state index in [1.54, 1.807) is 12.9 Å². The van der Waals surface area contributed by atoms with Crippen LogP contribution in [0.2, 0.25) is 6.82 Å². The van der Waals surface area contributed by atoms with Crippen molar-refractivity contribution in [3.63, 3.8) is 0 Å². The number of hydrogen-bond donors (Lipinski definition) is 2. The normalized spacial score (nSPS) is 10.8. The van der Waals surface area contributed by atoms with Crippen LogP contribution >= 0.6 is 0 Å². The van der Waals surface area contributed by atoms with Gasteiger partial charge in [0.25, 0.3) is 0 Å². The van der Waals surface area contributed by atoms with Gasteiger partial charge in [0.1, 0.15) is 0 Å². The van der Waals surface area contributed by atoms with E-state index >= 15 is 0 Å². The maximum atomic E-state index is 8.93. The second kappa shape index (κ2) is 3.96. The topological polar surface area (TPSA) is 46.2 Å². The van der Waals surface area contributed by atoms with Crippen LogP contribution < -0.4 is 5.73 Å². The molecule has 54 valence electrons. The first kappa shape index (κ1) is 9.04. The van der Waals surface area contributed by atoms with Crippen LogP contribution in [0.3, 0.4) is 0 Å². The first-order valence-corrected chi connectivity index (χ1v) is 3.04. The molecule has 0 aromatic heterocycles. The quantitative estimate of drug-likeness (QED) is 0.444. The van der Waals surface area contributed by atoms with Crippen LogP contribution in [0.1, 0.15) is 0 Å². The predicted octanol–water partition coefficient (Wildman–Crippen LogP) is 0.724. The van der Waals surface area contributed by atoms with Crippen molar-refractivity contribution in [1.29, 1.82) is 0 Å². The van der Waals surface area contributed by atoms with E-state index in [0.717, 1.165) is 0 Å². The zero-order valence-electron chi connectivity index (χ0n) is 6.17. The fourth-order valence-electron chi connectivity index (χ4n) is 0.394. The first-order valence-electron chi connectivity index (χ1n) is 3.04. The van der Waals surface area contributed by atoms with Gasteiger partial charge in [0.2, 0.25) is 0 Å². The lowest BCUT2D eigenvalue weighted by atomic mass is 9.64. The molecule has 3 heteroatoms. The summed E-state index contributed by atoms with van der Waals surface area (Å²) in [6, 6.07) is 0. The van der Waals surface area contributed by atoms with Crippen molar-refractivity contribution in [2.45, 2.75) is 6.82 Å². The van der Waals surface area contributed by atoms with Gasteiger partial charge < -0.3 is 10.8 Å². The molecule has 0 aliphatic heterocycles. The zero-order chi connectivity index (χ0) is 8.15. The van der Waals surface area contributed by atoms with Gasteiger partial charge in [-0.05, 0) is 12.2 Å². The maximum Gasteiger partial charge on any atom is 0.319 e. The number of nitrogens with two attached hydrogens (primary N) is 1. The van der Waals surface area contributed by atoms with Crippen molar-refractivity contribution in [3.8, 4) is 0 Å².